The minimum Gasteiger partial charge on any atom is -0.497 e. The monoisotopic (exact) mass is 288 g/mol. The highest BCUT2D eigenvalue weighted by molar-refractivity contribution is 7.80. The smallest absolute Gasteiger partial charge is 0.128 e. The molecule has 5 heteroatoms. The fraction of sp³-hybridized carbons (Fsp3) is 0.200. The maximum Gasteiger partial charge on any atom is 0.128 e. The van der Waals surface area contributed by atoms with Crippen molar-refractivity contribution >= 4 is 17.2 Å². The molecule has 2 N–H and O–H groups in total. The number of pyridine rings is 1. The van der Waals surface area contributed by atoms with Crippen molar-refractivity contribution in [3.05, 3.63) is 41.6 Å². The molecule has 0 bridgehead atoms. The molecule has 0 atom stereocenters. The van der Waals surface area contributed by atoms with Crippen LogP contribution < -0.4 is 15.2 Å². The number of hydrogen-bond donors (Lipinski definition) is 1. The third-order valence-electron chi connectivity index (χ3n) is 3.03. The lowest BCUT2D eigenvalue weighted by molar-refractivity contribution is 0.404. The molecule has 0 unspecified atom stereocenters. The Labute approximate surface area is 123 Å². The summed E-state index contributed by atoms with van der Waals surface area (Å²) < 4.78 is 10.6. The van der Waals surface area contributed by atoms with Gasteiger partial charge in [0, 0.05) is 16.8 Å². The summed E-state index contributed by atoms with van der Waals surface area (Å²) >= 11 is 4.99. The molecule has 0 amide bonds. The first-order valence-corrected chi connectivity index (χ1v) is 6.47. The van der Waals surface area contributed by atoms with E-state index >= 15 is 0 Å². The van der Waals surface area contributed by atoms with Gasteiger partial charge in [0.2, 0.25) is 0 Å². The lowest BCUT2D eigenvalue weighted by Gasteiger charge is -2.11. The van der Waals surface area contributed by atoms with Gasteiger partial charge in [-0.05, 0) is 37.3 Å². The van der Waals surface area contributed by atoms with E-state index in [1.54, 1.807) is 14.2 Å². The van der Waals surface area contributed by atoms with Crippen LogP contribution in [0.1, 0.15) is 11.3 Å². The number of rotatable bonds is 4. The highest BCUT2D eigenvalue weighted by atomic mass is 32.1. The van der Waals surface area contributed by atoms with Crippen molar-refractivity contribution in [1.82, 2.24) is 4.98 Å². The van der Waals surface area contributed by atoms with E-state index in [-0.39, 0.29) is 0 Å². The number of aryl methyl sites for hydroxylation is 1. The van der Waals surface area contributed by atoms with Gasteiger partial charge in [-0.25, -0.2) is 0 Å². The zero-order valence-electron chi connectivity index (χ0n) is 11.6. The van der Waals surface area contributed by atoms with Crippen LogP contribution in [0.4, 0.5) is 0 Å². The Morgan fingerprint density at radius 1 is 1.15 bits per heavy atom. The van der Waals surface area contributed by atoms with Gasteiger partial charge < -0.3 is 15.2 Å². The Balaban J connectivity index is 2.55. The molecule has 1 aromatic carbocycles. The molecule has 0 aliphatic heterocycles. The number of aromatic nitrogens is 1. The van der Waals surface area contributed by atoms with Gasteiger partial charge in [-0.3, -0.25) is 4.98 Å². The van der Waals surface area contributed by atoms with Crippen LogP contribution in [0.15, 0.2) is 30.3 Å². The van der Waals surface area contributed by atoms with E-state index in [4.69, 9.17) is 27.4 Å². The van der Waals surface area contributed by atoms with Gasteiger partial charge in [0.05, 0.1) is 19.9 Å². The van der Waals surface area contributed by atoms with Crippen molar-refractivity contribution in [2.24, 2.45) is 5.73 Å². The van der Waals surface area contributed by atoms with Gasteiger partial charge in [0.25, 0.3) is 0 Å². The molecule has 0 radical (unpaired) electrons. The molecule has 0 saturated carbocycles. The average molecular weight is 288 g/mol. The summed E-state index contributed by atoms with van der Waals surface area (Å²) in [6.45, 7) is 1.88. The fourth-order valence-corrected chi connectivity index (χ4v) is 2.20. The van der Waals surface area contributed by atoms with Crippen LogP contribution in [0, 0.1) is 6.92 Å². The number of benzene rings is 1. The van der Waals surface area contributed by atoms with Crippen molar-refractivity contribution in [3.8, 4) is 22.8 Å². The highest BCUT2D eigenvalue weighted by Crippen LogP contribution is 2.32. The lowest BCUT2D eigenvalue weighted by Crippen LogP contribution is -2.12. The summed E-state index contributed by atoms with van der Waals surface area (Å²) in [5, 5.41) is 0. The summed E-state index contributed by atoms with van der Waals surface area (Å²) in [4.78, 5) is 4.89. The van der Waals surface area contributed by atoms with Crippen molar-refractivity contribution in [1.29, 1.82) is 0 Å². The summed E-state index contributed by atoms with van der Waals surface area (Å²) in [7, 11) is 3.25. The molecule has 0 fully saturated rings. The van der Waals surface area contributed by atoms with Crippen LogP contribution in [0.5, 0.6) is 11.5 Å². The van der Waals surface area contributed by atoms with Gasteiger partial charge in [-0.1, -0.05) is 12.2 Å². The Morgan fingerprint density at radius 3 is 2.45 bits per heavy atom. The normalized spacial score (nSPS) is 10.2. The largest absolute Gasteiger partial charge is 0.497 e. The highest BCUT2D eigenvalue weighted by Gasteiger charge is 2.11. The Hall–Kier alpha value is -2.14. The van der Waals surface area contributed by atoms with E-state index in [1.165, 1.54) is 0 Å². The second-order valence-electron chi connectivity index (χ2n) is 4.26. The van der Waals surface area contributed by atoms with Crippen molar-refractivity contribution < 1.29 is 9.47 Å². The number of thiocarbonyl (C=S) groups is 1. The van der Waals surface area contributed by atoms with Crippen LogP contribution in [-0.4, -0.2) is 24.2 Å². The van der Waals surface area contributed by atoms with Gasteiger partial charge in [0.1, 0.15) is 16.5 Å². The molecular formula is C15H16N2O2S. The van der Waals surface area contributed by atoms with Gasteiger partial charge >= 0.3 is 0 Å². The van der Waals surface area contributed by atoms with Crippen LogP contribution in [0.3, 0.4) is 0 Å². The van der Waals surface area contributed by atoms with Crippen molar-refractivity contribution in [3.63, 3.8) is 0 Å². The molecule has 20 heavy (non-hydrogen) atoms. The molecule has 0 spiro atoms. The quantitative estimate of drug-likeness (QED) is 0.877. The zero-order valence-corrected chi connectivity index (χ0v) is 12.5. The maximum atomic E-state index is 5.65. The topological polar surface area (TPSA) is 57.4 Å². The first-order chi connectivity index (χ1) is 9.56. The molecule has 0 aliphatic rings. The first kappa shape index (κ1) is 14.3. The molecular weight excluding hydrogens is 272 g/mol. The summed E-state index contributed by atoms with van der Waals surface area (Å²) in [5.41, 5.74) is 8.88. The number of nitrogens with two attached hydrogens (primary N) is 1. The standard InChI is InChI=1S/C15H16N2O2S/c1-9-11(15(16)20)5-6-13(17-9)12-8-10(18-2)4-7-14(12)19-3/h4-8H,1-3H3,(H2,16,20). The minimum absolute atomic E-state index is 0.346. The van der Waals surface area contributed by atoms with Crippen molar-refractivity contribution in [2.75, 3.05) is 14.2 Å². The molecule has 4 nitrogen and oxygen atoms in total. The Bertz CT molecular complexity index is 656. The van der Waals surface area contributed by atoms with E-state index in [1.807, 2.05) is 37.3 Å². The van der Waals surface area contributed by atoms with Crippen LogP contribution in [-0.2, 0) is 0 Å². The summed E-state index contributed by atoms with van der Waals surface area (Å²) in [5.74, 6) is 1.49. The maximum absolute atomic E-state index is 5.65. The number of nitrogens with zero attached hydrogens (tertiary/aromatic N) is 1. The molecule has 2 aromatic rings. The van der Waals surface area contributed by atoms with E-state index in [9.17, 15) is 0 Å². The summed E-state index contributed by atoms with van der Waals surface area (Å²) in [6, 6.07) is 9.34. The third kappa shape index (κ3) is 2.72. The molecule has 0 aliphatic carbocycles. The van der Waals surface area contributed by atoms with Gasteiger partial charge in [0.15, 0.2) is 0 Å². The molecule has 1 heterocycles. The van der Waals surface area contributed by atoms with Gasteiger partial charge in [-0.2, -0.15) is 0 Å². The average Bonchev–Trinajstić information content (AvgIpc) is 2.46. The minimum atomic E-state index is 0.346. The molecule has 1 aromatic heterocycles. The fourth-order valence-electron chi connectivity index (χ4n) is 1.99. The third-order valence-corrected chi connectivity index (χ3v) is 3.25. The Kier molecular flexibility index (Phi) is 4.20. The first-order valence-electron chi connectivity index (χ1n) is 6.06. The lowest BCUT2D eigenvalue weighted by atomic mass is 10.1. The van der Waals surface area contributed by atoms with Crippen molar-refractivity contribution in [2.45, 2.75) is 6.92 Å². The number of ether oxygens (including phenoxy) is 2. The van der Waals surface area contributed by atoms with E-state index < -0.39 is 0 Å². The molecule has 0 saturated heterocycles. The zero-order chi connectivity index (χ0) is 14.7. The number of methoxy groups -OCH3 is 2. The van der Waals surface area contributed by atoms with Crippen LogP contribution in [0.2, 0.25) is 0 Å². The second kappa shape index (κ2) is 5.88. The summed E-state index contributed by atoms with van der Waals surface area (Å²) in [6.07, 6.45) is 0. The van der Waals surface area contributed by atoms with Crippen LogP contribution >= 0.6 is 12.2 Å². The molecule has 2 rings (SSSR count). The SMILES string of the molecule is COc1ccc(OC)c(-c2ccc(C(N)=S)c(C)n2)c1. The Morgan fingerprint density at radius 2 is 1.90 bits per heavy atom. The predicted molar refractivity (Wildman–Crippen MR) is 83.4 cm³/mol. The van der Waals surface area contributed by atoms with E-state index in [2.05, 4.69) is 4.98 Å². The van der Waals surface area contributed by atoms with Crippen LogP contribution in [0.25, 0.3) is 11.3 Å². The van der Waals surface area contributed by atoms with E-state index in [0.29, 0.717) is 4.99 Å². The number of hydrogen-bond acceptors (Lipinski definition) is 4. The predicted octanol–water partition coefficient (Wildman–Crippen LogP) is 2.71. The van der Waals surface area contributed by atoms with E-state index in [0.717, 1.165) is 34.0 Å². The van der Waals surface area contributed by atoms with Gasteiger partial charge in [-0.15, -0.1) is 0 Å². The second-order valence-corrected chi connectivity index (χ2v) is 4.70. The molecule has 104 valence electrons.